The Bertz CT molecular complexity index is 1350. The molecule has 0 aromatic heterocycles. The first-order valence-corrected chi connectivity index (χ1v) is 12.4. The Labute approximate surface area is 219 Å². The van der Waals surface area contributed by atoms with Gasteiger partial charge >= 0.3 is 6.03 Å². The summed E-state index contributed by atoms with van der Waals surface area (Å²) in [5, 5.41) is 4.76. The van der Waals surface area contributed by atoms with E-state index in [1.165, 1.54) is 18.1 Å². The SMILES string of the molecule is COc1ccc2c(c1F)C(=O)N(C[C@@]1(C#Cc3ccc(C(CN)N4CCC(N)C4)cc3)NC(=O)NC1=O)C2. The number of likely N-dealkylation sites (tertiary alicyclic amines) is 1. The van der Waals surface area contributed by atoms with E-state index >= 15 is 0 Å². The summed E-state index contributed by atoms with van der Waals surface area (Å²) >= 11 is 0. The van der Waals surface area contributed by atoms with E-state index in [-0.39, 0.29) is 36.5 Å². The van der Waals surface area contributed by atoms with Crippen LogP contribution in [0.1, 0.15) is 39.5 Å². The summed E-state index contributed by atoms with van der Waals surface area (Å²) in [6.07, 6.45) is 0.931. The minimum Gasteiger partial charge on any atom is -0.494 e. The molecule has 4 amide bonds. The molecule has 0 spiro atoms. The van der Waals surface area contributed by atoms with E-state index in [9.17, 15) is 18.8 Å². The van der Waals surface area contributed by atoms with Gasteiger partial charge in [0, 0.05) is 43.8 Å². The average Bonchev–Trinajstić information content (AvgIpc) is 3.55. The molecule has 6 N–H and O–H groups in total. The van der Waals surface area contributed by atoms with Gasteiger partial charge < -0.3 is 26.4 Å². The third kappa shape index (κ3) is 4.58. The largest absolute Gasteiger partial charge is 0.494 e. The zero-order valence-corrected chi connectivity index (χ0v) is 20.9. The molecule has 0 saturated carbocycles. The number of rotatable bonds is 6. The maximum Gasteiger partial charge on any atom is 0.323 e. The maximum atomic E-state index is 14.8. The van der Waals surface area contributed by atoms with Gasteiger partial charge in [-0.2, -0.15) is 0 Å². The van der Waals surface area contributed by atoms with Crippen LogP contribution in [0.15, 0.2) is 36.4 Å². The number of nitrogens with zero attached hydrogens (tertiary/aromatic N) is 2. The van der Waals surface area contributed by atoms with Crippen LogP contribution in [0.5, 0.6) is 5.75 Å². The molecule has 5 rings (SSSR count). The molecule has 2 aromatic carbocycles. The topological polar surface area (TPSA) is 143 Å². The first kappa shape index (κ1) is 25.7. The number of amides is 4. The van der Waals surface area contributed by atoms with Crippen LogP contribution >= 0.6 is 0 Å². The van der Waals surface area contributed by atoms with Crippen molar-refractivity contribution in [2.24, 2.45) is 11.5 Å². The maximum absolute atomic E-state index is 14.8. The molecule has 2 saturated heterocycles. The number of nitrogens with one attached hydrogen (secondary N) is 2. The number of nitrogens with two attached hydrogens (primary N) is 2. The highest BCUT2D eigenvalue weighted by atomic mass is 19.1. The third-order valence-corrected chi connectivity index (χ3v) is 7.28. The van der Waals surface area contributed by atoms with E-state index in [1.54, 1.807) is 6.07 Å². The molecule has 3 heterocycles. The van der Waals surface area contributed by atoms with E-state index in [0.717, 1.165) is 25.1 Å². The minimum atomic E-state index is -1.69. The van der Waals surface area contributed by atoms with Gasteiger partial charge in [-0.15, -0.1) is 0 Å². The smallest absolute Gasteiger partial charge is 0.323 e. The summed E-state index contributed by atoms with van der Waals surface area (Å²) in [4.78, 5) is 41.6. The molecule has 3 aliphatic heterocycles. The van der Waals surface area contributed by atoms with Gasteiger partial charge in [-0.3, -0.25) is 19.8 Å². The molecule has 2 unspecified atom stereocenters. The summed E-state index contributed by atoms with van der Waals surface area (Å²) in [6, 6.07) is 10.0. The van der Waals surface area contributed by atoms with Crippen LogP contribution in [0.2, 0.25) is 0 Å². The molecule has 198 valence electrons. The van der Waals surface area contributed by atoms with Gasteiger partial charge in [0.15, 0.2) is 11.6 Å². The van der Waals surface area contributed by atoms with Crippen molar-refractivity contribution in [3.05, 3.63) is 64.5 Å². The van der Waals surface area contributed by atoms with E-state index in [1.807, 2.05) is 24.3 Å². The number of carbonyl (C=O) groups excluding carboxylic acids is 3. The number of imide groups is 1. The Hall–Kier alpha value is -3.98. The second kappa shape index (κ2) is 10.1. The Morgan fingerprint density at radius 3 is 2.58 bits per heavy atom. The lowest BCUT2D eigenvalue weighted by molar-refractivity contribution is -0.122. The van der Waals surface area contributed by atoms with Crippen LogP contribution in [-0.2, 0) is 11.3 Å². The minimum absolute atomic E-state index is 0.0404. The van der Waals surface area contributed by atoms with Crippen LogP contribution in [0.4, 0.5) is 9.18 Å². The molecule has 2 fully saturated rings. The normalized spacial score (nSPS) is 23.5. The van der Waals surface area contributed by atoms with Crippen LogP contribution in [0, 0.1) is 17.7 Å². The molecule has 3 atom stereocenters. The summed E-state index contributed by atoms with van der Waals surface area (Å²) in [7, 11) is 1.32. The predicted octanol–water partition coefficient (Wildman–Crippen LogP) is 0.453. The van der Waals surface area contributed by atoms with Gasteiger partial charge in [-0.05, 0) is 35.7 Å². The summed E-state index contributed by atoms with van der Waals surface area (Å²) < 4.78 is 19.8. The lowest BCUT2D eigenvalue weighted by atomic mass is 9.98. The fraction of sp³-hybridized carbons (Fsp3) is 0.370. The number of ether oxygens (including phenoxy) is 1. The van der Waals surface area contributed by atoms with E-state index in [0.29, 0.717) is 17.7 Å². The first-order valence-electron chi connectivity index (χ1n) is 12.4. The second-order valence-corrected chi connectivity index (χ2v) is 9.76. The lowest BCUT2D eigenvalue weighted by Gasteiger charge is -2.27. The highest BCUT2D eigenvalue weighted by Gasteiger charge is 2.48. The summed E-state index contributed by atoms with van der Waals surface area (Å²) in [6.45, 7) is 1.94. The fourth-order valence-electron chi connectivity index (χ4n) is 5.26. The molecule has 11 heteroatoms. The Balaban J connectivity index is 1.38. The van der Waals surface area contributed by atoms with Gasteiger partial charge in [-0.25, -0.2) is 9.18 Å². The van der Waals surface area contributed by atoms with E-state index < -0.39 is 29.2 Å². The first-order chi connectivity index (χ1) is 18.2. The predicted molar refractivity (Wildman–Crippen MR) is 136 cm³/mol. The standard InChI is InChI=1S/C27H29FN6O4/c1-38-21-7-6-18-13-34(24(35)22(18)23(21)28)15-27(25(36)31-26(37)32-27)10-8-16-2-4-17(5-3-16)20(12-29)33-11-9-19(30)14-33/h2-7,19-20H,9,11-15,29-30H2,1H3,(H2,31,32,36,37)/t19?,20?,27-/m1/s1. The molecule has 2 aromatic rings. The van der Waals surface area contributed by atoms with Crippen molar-refractivity contribution in [3.8, 4) is 17.6 Å². The number of halogens is 1. The number of fused-ring (bicyclic) bond motifs is 1. The molecular formula is C27H29FN6O4. The van der Waals surface area contributed by atoms with Crippen LogP contribution in [0.25, 0.3) is 0 Å². The molecular weight excluding hydrogens is 491 g/mol. The zero-order chi connectivity index (χ0) is 27.0. The van der Waals surface area contributed by atoms with E-state index in [2.05, 4.69) is 27.4 Å². The lowest BCUT2D eigenvalue weighted by Crippen LogP contribution is -2.54. The van der Waals surface area contributed by atoms with Gasteiger partial charge in [0.25, 0.3) is 11.8 Å². The Morgan fingerprint density at radius 2 is 1.97 bits per heavy atom. The number of urea groups is 1. The van der Waals surface area contributed by atoms with Crippen molar-refractivity contribution in [1.82, 2.24) is 20.4 Å². The van der Waals surface area contributed by atoms with Gasteiger partial charge in [-0.1, -0.05) is 30.0 Å². The quantitative estimate of drug-likeness (QED) is 0.320. The van der Waals surface area contributed by atoms with E-state index in [4.69, 9.17) is 16.2 Å². The van der Waals surface area contributed by atoms with Crippen molar-refractivity contribution in [1.29, 1.82) is 0 Å². The van der Waals surface area contributed by atoms with Crippen molar-refractivity contribution in [2.45, 2.75) is 30.6 Å². The zero-order valence-electron chi connectivity index (χ0n) is 20.9. The average molecular weight is 521 g/mol. The number of benzene rings is 2. The molecule has 0 bridgehead atoms. The molecule has 0 radical (unpaired) electrons. The van der Waals surface area contributed by atoms with Crippen LogP contribution < -0.4 is 26.8 Å². The number of carbonyl (C=O) groups is 3. The second-order valence-electron chi connectivity index (χ2n) is 9.76. The molecule has 38 heavy (non-hydrogen) atoms. The van der Waals surface area contributed by atoms with Crippen molar-refractivity contribution < 1.29 is 23.5 Å². The van der Waals surface area contributed by atoms with Crippen molar-refractivity contribution in [3.63, 3.8) is 0 Å². The summed E-state index contributed by atoms with van der Waals surface area (Å²) in [5.74, 6) is 3.73. The Morgan fingerprint density at radius 1 is 1.21 bits per heavy atom. The number of methoxy groups -OCH3 is 1. The summed E-state index contributed by atoms with van der Waals surface area (Å²) in [5.41, 5.74) is 12.4. The highest BCUT2D eigenvalue weighted by Crippen LogP contribution is 2.32. The third-order valence-electron chi connectivity index (χ3n) is 7.28. The molecule has 10 nitrogen and oxygen atoms in total. The van der Waals surface area contributed by atoms with Crippen molar-refractivity contribution in [2.75, 3.05) is 33.3 Å². The Kier molecular flexibility index (Phi) is 6.79. The van der Waals surface area contributed by atoms with Crippen LogP contribution in [0.3, 0.4) is 0 Å². The van der Waals surface area contributed by atoms with Crippen LogP contribution in [-0.4, -0.2) is 72.5 Å². The molecule has 3 aliphatic rings. The number of hydrogen-bond donors (Lipinski definition) is 4. The number of hydrogen-bond acceptors (Lipinski definition) is 7. The van der Waals surface area contributed by atoms with Gasteiger partial charge in [0.1, 0.15) is 0 Å². The van der Waals surface area contributed by atoms with Gasteiger partial charge in [0.2, 0.25) is 5.54 Å². The van der Waals surface area contributed by atoms with Gasteiger partial charge in [0.05, 0.1) is 19.2 Å². The van der Waals surface area contributed by atoms with Crippen molar-refractivity contribution >= 4 is 17.8 Å². The monoisotopic (exact) mass is 520 g/mol. The highest BCUT2D eigenvalue weighted by molar-refractivity contribution is 6.10. The molecule has 0 aliphatic carbocycles. The fourth-order valence-corrected chi connectivity index (χ4v) is 5.26.